The second-order valence-electron chi connectivity index (χ2n) is 10.2. The van der Waals surface area contributed by atoms with Crippen molar-refractivity contribution in [2.45, 2.75) is 32.3 Å². The average molecular weight is 560 g/mol. The second kappa shape index (κ2) is 11.4. The van der Waals surface area contributed by atoms with Gasteiger partial charge in [0.25, 0.3) is 5.91 Å². The Morgan fingerprint density at radius 2 is 1.82 bits per heavy atom. The molecule has 206 valence electrons. The maximum Gasteiger partial charge on any atom is 0.257 e. The maximum atomic E-state index is 13.7. The van der Waals surface area contributed by atoms with Crippen molar-refractivity contribution in [2.75, 3.05) is 26.3 Å². The number of hydrogen-bond acceptors (Lipinski definition) is 6. The summed E-state index contributed by atoms with van der Waals surface area (Å²) < 4.78 is 13.9. The molecule has 1 amide bonds. The predicted molar refractivity (Wildman–Crippen MR) is 153 cm³/mol. The Kier molecular flexibility index (Phi) is 7.58. The molecule has 1 fully saturated rings. The molecule has 8 nitrogen and oxygen atoms in total. The topological polar surface area (TPSA) is 93.0 Å². The number of aliphatic hydroxyl groups is 1. The summed E-state index contributed by atoms with van der Waals surface area (Å²) in [4.78, 5) is 29.3. The summed E-state index contributed by atoms with van der Waals surface area (Å²) in [7, 11) is 0. The third kappa shape index (κ3) is 5.48. The maximum absolute atomic E-state index is 13.7. The van der Waals surface area contributed by atoms with Gasteiger partial charge >= 0.3 is 0 Å². The van der Waals surface area contributed by atoms with Crippen molar-refractivity contribution in [2.24, 2.45) is 0 Å². The van der Waals surface area contributed by atoms with E-state index in [0.29, 0.717) is 48.0 Å². The molecule has 1 atom stereocenters. The van der Waals surface area contributed by atoms with Gasteiger partial charge in [-0.1, -0.05) is 41.9 Å². The van der Waals surface area contributed by atoms with Crippen molar-refractivity contribution >= 4 is 28.4 Å². The molecule has 2 aliphatic heterocycles. The molecule has 1 saturated heterocycles. The normalized spacial score (nSPS) is 17.0. The van der Waals surface area contributed by atoms with Crippen LogP contribution in [-0.4, -0.2) is 46.8 Å². The van der Waals surface area contributed by atoms with Crippen molar-refractivity contribution < 1.29 is 19.4 Å². The zero-order valence-corrected chi connectivity index (χ0v) is 22.7. The Morgan fingerprint density at radius 1 is 1.02 bits per heavy atom. The first-order valence-electron chi connectivity index (χ1n) is 13.4. The Labute approximate surface area is 236 Å². The van der Waals surface area contributed by atoms with Gasteiger partial charge < -0.3 is 24.5 Å². The van der Waals surface area contributed by atoms with Gasteiger partial charge in [-0.3, -0.25) is 14.5 Å². The lowest BCUT2D eigenvalue weighted by molar-refractivity contribution is 0.0341. The molecular weight excluding hydrogens is 530 g/mol. The standard InChI is InChI=1S/C31H30ClN3O5/c32-24-6-4-20(5-7-24)15-33-31(38)26-17-35-18-28(23-3-1-2-21(12-23)19-36)40-27-14-22(13-25(29(27)35)30(26)37)16-34-8-10-39-11-9-34/h1-7,12-14,17,28,36H,8-11,15-16,18-19H2,(H,33,38). The predicted octanol–water partition coefficient (Wildman–Crippen LogP) is 4.04. The summed E-state index contributed by atoms with van der Waals surface area (Å²) in [6, 6.07) is 18.7. The summed E-state index contributed by atoms with van der Waals surface area (Å²) >= 11 is 5.98. The lowest BCUT2D eigenvalue weighted by Crippen LogP contribution is -2.35. The van der Waals surface area contributed by atoms with Crippen LogP contribution in [0.1, 0.15) is 38.7 Å². The highest BCUT2D eigenvalue weighted by atomic mass is 35.5. The van der Waals surface area contributed by atoms with Gasteiger partial charge in [0, 0.05) is 37.4 Å². The summed E-state index contributed by atoms with van der Waals surface area (Å²) in [5, 5.41) is 13.6. The first-order valence-corrected chi connectivity index (χ1v) is 13.8. The van der Waals surface area contributed by atoms with Crippen LogP contribution >= 0.6 is 11.6 Å². The Balaban J connectivity index is 1.39. The summed E-state index contributed by atoms with van der Waals surface area (Å²) in [5.41, 5.74) is 3.97. The van der Waals surface area contributed by atoms with Crippen molar-refractivity contribution in [3.8, 4) is 5.75 Å². The number of nitrogens with one attached hydrogen (secondary N) is 1. The number of hydrogen-bond donors (Lipinski definition) is 2. The van der Waals surface area contributed by atoms with Gasteiger partial charge in [-0.2, -0.15) is 0 Å². The molecule has 1 aromatic heterocycles. The molecule has 6 rings (SSSR count). The van der Waals surface area contributed by atoms with Crippen LogP contribution in [0, 0.1) is 0 Å². The number of nitrogens with zero attached hydrogens (tertiary/aromatic N) is 2. The van der Waals surface area contributed by atoms with Gasteiger partial charge in [-0.05, 0) is 52.6 Å². The summed E-state index contributed by atoms with van der Waals surface area (Å²) in [6.07, 6.45) is 1.28. The van der Waals surface area contributed by atoms with Crippen LogP contribution in [0.4, 0.5) is 0 Å². The molecule has 4 aromatic rings. The highest BCUT2D eigenvalue weighted by Gasteiger charge is 2.27. The van der Waals surface area contributed by atoms with Crippen molar-refractivity contribution in [1.82, 2.24) is 14.8 Å². The van der Waals surface area contributed by atoms with Gasteiger partial charge in [0.15, 0.2) is 0 Å². The molecule has 0 radical (unpaired) electrons. The van der Waals surface area contributed by atoms with Crippen LogP contribution in [0.2, 0.25) is 5.02 Å². The van der Waals surface area contributed by atoms with Crippen molar-refractivity contribution in [3.63, 3.8) is 0 Å². The van der Waals surface area contributed by atoms with Gasteiger partial charge in [-0.15, -0.1) is 0 Å². The lowest BCUT2D eigenvalue weighted by Gasteiger charge is -2.31. The number of ether oxygens (including phenoxy) is 2. The SMILES string of the molecule is O=C(NCc1ccc(Cl)cc1)c1cn2c3c(cc(CN4CCOCC4)cc3c1=O)OC(c1cccc(CO)c1)C2. The number of halogens is 1. The van der Waals surface area contributed by atoms with E-state index in [1.807, 2.05) is 53.1 Å². The van der Waals surface area contributed by atoms with Gasteiger partial charge in [0.05, 0.1) is 37.3 Å². The van der Waals surface area contributed by atoms with Crippen LogP contribution in [-0.2, 0) is 31.0 Å². The monoisotopic (exact) mass is 559 g/mol. The van der Waals surface area contributed by atoms with Crippen molar-refractivity contribution in [3.05, 3.63) is 110 Å². The molecule has 0 saturated carbocycles. The molecule has 9 heteroatoms. The number of amides is 1. The number of morpholine rings is 1. The third-order valence-corrected chi connectivity index (χ3v) is 7.71. The lowest BCUT2D eigenvalue weighted by atomic mass is 10.0. The van der Waals surface area contributed by atoms with E-state index in [0.717, 1.165) is 35.3 Å². The van der Waals surface area contributed by atoms with Crippen LogP contribution in [0.3, 0.4) is 0 Å². The zero-order chi connectivity index (χ0) is 27.6. The molecule has 2 N–H and O–H groups in total. The van der Waals surface area contributed by atoms with Crippen LogP contribution in [0.15, 0.2) is 71.7 Å². The zero-order valence-electron chi connectivity index (χ0n) is 21.9. The number of aliphatic hydroxyl groups excluding tert-OH is 1. The smallest absolute Gasteiger partial charge is 0.257 e. The van der Waals surface area contributed by atoms with E-state index in [9.17, 15) is 14.7 Å². The van der Waals surface area contributed by atoms with Crippen LogP contribution in [0.25, 0.3) is 10.9 Å². The van der Waals surface area contributed by atoms with E-state index >= 15 is 0 Å². The minimum absolute atomic E-state index is 0.0684. The highest BCUT2D eigenvalue weighted by Crippen LogP contribution is 2.36. The van der Waals surface area contributed by atoms with E-state index in [4.69, 9.17) is 21.1 Å². The summed E-state index contributed by atoms with van der Waals surface area (Å²) in [6.45, 7) is 4.22. The van der Waals surface area contributed by atoms with Gasteiger partial charge in [0.1, 0.15) is 17.4 Å². The number of benzene rings is 3. The Morgan fingerprint density at radius 3 is 2.60 bits per heavy atom. The largest absolute Gasteiger partial charge is 0.482 e. The van der Waals surface area contributed by atoms with Crippen molar-refractivity contribution in [1.29, 1.82) is 0 Å². The fourth-order valence-corrected chi connectivity index (χ4v) is 5.50. The van der Waals surface area contributed by atoms with Gasteiger partial charge in [-0.25, -0.2) is 0 Å². The van der Waals surface area contributed by atoms with E-state index in [1.165, 1.54) is 0 Å². The number of aromatic nitrogens is 1. The number of pyridine rings is 1. The van der Waals surface area contributed by atoms with E-state index in [-0.39, 0.29) is 30.2 Å². The fourth-order valence-electron chi connectivity index (χ4n) is 5.38. The van der Waals surface area contributed by atoms with Crippen LogP contribution in [0.5, 0.6) is 5.75 Å². The van der Waals surface area contributed by atoms with E-state index < -0.39 is 5.91 Å². The Bertz CT molecular complexity index is 1610. The van der Waals surface area contributed by atoms with E-state index in [1.54, 1.807) is 18.3 Å². The highest BCUT2D eigenvalue weighted by molar-refractivity contribution is 6.30. The Hall–Kier alpha value is -3.69. The third-order valence-electron chi connectivity index (χ3n) is 7.45. The quantitative estimate of drug-likeness (QED) is 0.355. The first-order chi connectivity index (χ1) is 19.5. The second-order valence-corrected chi connectivity index (χ2v) is 10.7. The molecule has 40 heavy (non-hydrogen) atoms. The minimum Gasteiger partial charge on any atom is -0.482 e. The molecule has 3 aromatic carbocycles. The molecule has 0 spiro atoms. The molecular formula is C31H30ClN3O5. The number of rotatable bonds is 7. The van der Waals surface area contributed by atoms with E-state index in [2.05, 4.69) is 10.2 Å². The number of carbonyl (C=O) groups is 1. The molecule has 3 heterocycles. The molecule has 0 bridgehead atoms. The first kappa shape index (κ1) is 26.5. The number of carbonyl (C=O) groups excluding carboxylic acids is 1. The van der Waals surface area contributed by atoms with Gasteiger partial charge in [0.2, 0.25) is 5.43 Å². The molecule has 2 aliphatic rings. The summed E-state index contributed by atoms with van der Waals surface area (Å²) in [5.74, 6) is 0.174. The van der Waals surface area contributed by atoms with Crippen LogP contribution < -0.4 is 15.5 Å². The molecule has 0 aliphatic carbocycles. The average Bonchev–Trinajstić information content (AvgIpc) is 2.98. The fraction of sp³-hybridized carbons (Fsp3) is 0.290. The minimum atomic E-state index is -0.434. The molecule has 1 unspecified atom stereocenters.